The van der Waals surface area contributed by atoms with Crippen molar-refractivity contribution in [2.24, 2.45) is 5.73 Å². The number of hydrogen-bond acceptors (Lipinski definition) is 4. The molecule has 2 nitrogen and oxygen atoms in total. The maximum absolute atomic E-state index is 5.48. The molecule has 0 atom stereocenters. The Bertz CT molecular complexity index is 236. The van der Waals surface area contributed by atoms with Crippen molar-refractivity contribution >= 4 is 54.7 Å². The van der Waals surface area contributed by atoms with Gasteiger partial charge in [-0.05, 0) is 34.4 Å². The van der Waals surface area contributed by atoms with E-state index in [1.165, 1.54) is 60.1 Å². The van der Waals surface area contributed by atoms with E-state index in [9.17, 15) is 0 Å². The second-order valence-electron chi connectivity index (χ2n) is 4.15. The zero-order chi connectivity index (χ0) is 13.8. The van der Waals surface area contributed by atoms with E-state index in [4.69, 9.17) is 30.2 Å². The summed E-state index contributed by atoms with van der Waals surface area (Å²) >= 11 is 10.3. The van der Waals surface area contributed by atoms with Crippen LogP contribution in [0.2, 0.25) is 0 Å². The van der Waals surface area contributed by atoms with Crippen molar-refractivity contribution in [2.45, 2.75) is 52.4 Å². The van der Waals surface area contributed by atoms with Gasteiger partial charge in [0.05, 0.1) is 0 Å². The van der Waals surface area contributed by atoms with Crippen molar-refractivity contribution in [3.8, 4) is 0 Å². The second kappa shape index (κ2) is 12.5. The van der Waals surface area contributed by atoms with Gasteiger partial charge in [0.1, 0.15) is 8.64 Å². The van der Waals surface area contributed by atoms with Crippen LogP contribution in [0.5, 0.6) is 0 Å². The molecule has 106 valence electrons. The second-order valence-corrected chi connectivity index (χ2v) is 7.66. The van der Waals surface area contributed by atoms with Crippen molar-refractivity contribution in [3.05, 3.63) is 0 Å². The predicted molar refractivity (Wildman–Crippen MR) is 95.2 cm³/mol. The van der Waals surface area contributed by atoms with Gasteiger partial charge in [0.25, 0.3) is 0 Å². The Labute approximate surface area is 130 Å². The summed E-state index contributed by atoms with van der Waals surface area (Å²) in [5, 5.41) is 0. The van der Waals surface area contributed by atoms with Crippen LogP contribution in [0, 0.1) is 0 Å². The number of hydrogen-bond donors (Lipinski definition) is 1. The molecule has 0 unspecified atom stereocenters. The highest BCUT2D eigenvalue weighted by molar-refractivity contribution is 8.89. The molecule has 0 fully saturated rings. The SMILES string of the molecule is CCCCCN(CCCCC)C(=S)SSC(N)=S. The highest BCUT2D eigenvalue weighted by atomic mass is 33.1. The van der Waals surface area contributed by atoms with Crippen LogP contribution in [0.25, 0.3) is 0 Å². The lowest BCUT2D eigenvalue weighted by Crippen LogP contribution is -2.29. The molecule has 0 saturated heterocycles. The summed E-state index contributed by atoms with van der Waals surface area (Å²) in [6, 6.07) is 0. The van der Waals surface area contributed by atoms with Gasteiger partial charge in [-0.3, -0.25) is 0 Å². The molecule has 0 rings (SSSR count). The normalized spacial score (nSPS) is 10.3. The van der Waals surface area contributed by atoms with Gasteiger partial charge in [-0.25, -0.2) is 0 Å². The van der Waals surface area contributed by atoms with Crippen molar-refractivity contribution in [3.63, 3.8) is 0 Å². The predicted octanol–water partition coefficient (Wildman–Crippen LogP) is 4.58. The Balaban J connectivity index is 4.07. The number of nitrogens with two attached hydrogens (primary N) is 1. The molecular formula is C12H24N2S4. The topological polar surface area (TPSA) is 29.3 Å². The molecule has 0 aliphatic rings. The van der Waals surface area contributed by atoms with Gasteiger partial charge < -0.3 is 10.6 Å². The van der Waals surface area contributed by atoms with Crippen molar-refractivity contribution in [2.75, 3.05) is 13.1 Å². The Kier molecular flexibility index (Phi) is 12.8. The van der Waals surface area contributed by atoms with Crippen molar-refractivity contribution in [1.29, 1.82) is 0 Å². The molecule has 6 heteroatoms. The lowest BCUT2D eigenvalue weighted by atomic mass is 10.2. The minimum Gasteiger partial charge on any atom is -0.384 e. The first kappa shape index (κ1) is 18.5. The minimum absolute atomic E-state index is 0.449. The molecular weight excluding hydrogens is 300 g/mol. The van der Waals surface area contributed by atoms with E-state index < -0.39 is 0 Å². The summed E-state index contributed by atoms with van der Waals surface area (Å²) in [5.74, 6) is 0. The third kappa shape index (κ3) is 10.4. The van der Waals surface area contributed by atoms with Crippen LogP contribution in [0.1, 0.15) is 52.4 Å². The van der Waals surface area contributed by atoms with Crippen molar-refractivity contribution in [1.82, 2.24) is 4.90 Å². The van der Waals surface area contributed by atoms with E-state index in [2.05, 4.69) is 18.7 Å². The van der Waals surface area contributed by atoms with Crippen LogP contribution in [0.3, 0.4) is 0 Å². The van der Waals surface area contributed by atoms with Gasteiger partial charge in [-0.2, -0.15) is 0 Å². The zero-order valence-corrected chi connectivity index (χ0v) is 14.6. The molecule has 0 spiro atoms. The maximum atomic E-state index is 5.48. The van der Waals surface area contributed by atoms with E-state index in [1.54, 1.807) is 0 Å². The Morgan fingerprint density at radius 1 is 0.944 bits per heavy atom. The van der Waals surface area contributed by atoms with Gasteiger partial charge in [-0.15, -0.1) is 0 Å². The third-order valence-electron chi connectivity index (χ3n) is 2.52. The zero-order valence-electron chi connectivity index (χ0n) is 11.3. The van der Waals surface area contributed by atoms with Crippen LogP contribution in [0.4, 0.5) is 0 Å². The molecule has 0 amide bonds. The number of unbranched alkanes of at least 4 members (excludes halogenated alkanes) is 4. The maximum Gasteiger partial charge on any atom is 0.147 e. The molecule has 0 saturated carbocycles. The van der Waals surface area contributed by atoms with Gasteiger partial charge >= 0.3 is 0 Å². The van der Waals surface area contributed by atoms with Crippen LogP contribution < -0.4 is 5.73 Å². The standard InChI is InChI=1S/C12H24N2S4/c1-3-5-7-9-14(10-8-6-4-2)12(16)18-17-11(13)15/h3-10H2,1-2H3,(H2,13,15). The molecule has 0 radical (unpaired) electrons. The first-order valence-corrected chi connectivity index (χ1v) is 9.51. The van der Waals surface area contributed by atoms with Crippen LogP contribution >= 0.6 is 46.0 Å². The first-order chi connectivity index (χ1) is 8.61. The van der Waals surface area contributed by atoms with Crippen LogP contribution in [0.15, 0.2) is 0 Å². The molecule has 0 aromatic heterocycles. The highest BCUT2D eigenvalue weighted by Gasteiger charge is 2.10. The fourth-order valence-corrected chi connectivity index (χ4v) is 3.54. The summed E-state index contributed by atoms with van der Waals surface area (Å²) in [6.45, 7) is 6.55. The molecule has 2 N–H and O–H groups in total. The summed E-state index contributed by atoms with van der Waals surface area (Å²) in [6.07, 6.45) is 7.43. The van der Waals surface area contributed by atoms with E-state index in [0.29, 0.717) is 4.32 Å². The quantitative estimate of drug-likeness (QED) is 0.399. The van der Waals surface area contributed by atoms with Crippen molar-refractivity contribution < 1.29 is 0 Å². The summed E-state index contributed by atoms with van der Waals surface area (Å²) < 4.78 is 1.37. The smallest absolute Gasteiger partial charge is 0.147 e. The Morgan fingerprint density at radius 3 is 1.83 bits per heavy atom. The lowest BCUT2D eigenvalue weighted by Gasteiger charge is -2.24. The fourth-order valence-electron chi connectivity index (χ4n) is 1.53. The Morgan fingerprint density at radius 2 is 1.44 bits per heavy atom. The molecule has 0 aliphatic carbocycles. The Hall–Kier alpha value is 0.480. The monoisotopic (exact) mass is 324 g/mol. The van der Waals surface area contributed by atoms with E-state index in [-0.39, 0.29) is 0 Å². The van der Waals surface area contributed by atoms with Gasteiger partial charge in [0.15, 0.2) is 0 Å². The lowest BCUT2D eigenvalue weighted by molar-refractivity contribution is 0.402. The molecule has 0 aromatic rings. The molecule has 0 aliphatic heterocycles. The molecule has 0 heterocycles. The molecule has 18 heavy (non-hydrogen) atoms. The summed E-state index contributed by atoms with van der Waals surface area (Å²) in [4.78, 5) is 2.30. The van der Waals surface area contributed by atoms with Crippen LogP contribution in [-0.2, 0) is 0 Å². The highest BCUT2D eigenvalue weighted by Crippen LogP contribution is 2.25. The average molecular weight is 325 g/mol. The average Bonchev–Trinajstić information content (AvgIpc) is 2.34. The van der Waals surface area contributed by atoms with E-state index in [0.717, 1.165) is 17.4 Å². The molecule has 0 aromatic carbocycles. The van der Waals surface area contributed by atoms with Crippen LogP contribution in [-0.4, -0.2) is 26.6 Å². The molecule has 0 bridgehead atoms. The van der Waals surface area contributed by atoms with Gasteiger partial charge in [0.2, 0.25) is 0 Å². The summed E-state index contributed by atoms with van der Waals surface area (Å²) in [7, 11) is 2.91. The van der Waals surface area contributed by atoms with Gasteiger partial charge in [0, 0.05) is 13.1 Å². The largest absolute Gasteiger partial charge is 0.384 e. The van der Waals surface area contributed by atoms with E-state index >= 15 is 0 Å². The number of rotatable bonds is 8. The summed E-state index contributed by atoms with van der Waals surface area (Å²) in [5.41, 5.74) is 5.48. The minimum atomic E-state index is 0.449. The third-order valence-corrected chi connectivity index (χ3v) is 5.82. The fraction of sp³-hybridized carbons (Fsp3) is 0.833. The van der Waals surface area contributed by atoms with E-state index in [1.807, 2.05) is 0 Å². The first-order valence-electron chi connectivity index (χ1n) is 6.54. The van der Waals surface area contributed by atoms with Gasteiger partial charge in [-0.1, -0.05) is 64.0 Å². The number of thiocarbonyl (C=S) groups is 2. The number of nitrogens with zero attached hydrogens (tertiary/aromatic N) is 1.